The molecule has 0 bridgehead atoms. The van der Waals surface area contributed by atoms with E-state index in [0.717, 1.165) is 5.56 Å². The van der Waals surface area contributed by atoms with Gasteiger partial charge in [0.2, 0.25) is 0 Å². The summed E-state index contributed by atoms with van der Waals surface area (Å²) in [6.07, 6.45) is 1.55. The molecule has 0 saturated heterocycles. The molecule has 4 aromatic carbocycles. The van der Waals surface area contributed by atoms with Crippen molar-refractivity contribution in [1.82, 2.24) is 9.66 Å². The number of hydrogen-bond acceptors (Lipinski definition) is 5. The normalized spacial score (nSPS) is 11.1. The zero-order valence-corrected chi connectivity index (χ0v) is 21.4. The van der Waals surface area contributed by atoms with Crippen LogP contribution in [-0.4, -0.2) is 28.4 Å². The minimum Gasteiger partial charge on any atom is -0.483 e. The Morgan fingerprint density at radius 1 is 1.00 bits per heavy atom. The molecule has 0 aliphatic rings. The first kappa shape index (κ1) is 25.0. The Kier molecular flexibility index (Phi) is 7.37. The van der Waals surface area contributed by atoms with Gasteiger partial charge in [0.25, 0.3) is 11.5 Å². The molecular formula is C29H20BrFN4O3. The van der Waals surface area contributed by atoms with Gasteiger partial charge < -0.3 is 10.1 Å². The first-order valence-electron chi connectivity index (χ1n) is 11.6. The highest BCUT2D eigenvalue weighted by atomic mass is 79.9. The van der Waals surface area contributed by atoms with Crippen molar-refractivity contribution < 1.29 is 13.9 Å². The smallest absolute Gasteiger partial charge is 0.282 e. The summed E-state index contributed by atoms with van der Waals surface area (Å²) in [5, 5.41) is 7.51. The number of nitrogens with zero attached hydrogens (tertiary/aromatic N) is 3. The van der Waals surface area contributed by atoms with Gasteiger partial charge in [-0.05, 0) is 70.0 Å². The van der Waals surface area contributed by atoms with Crippen molar-refractivity contribution in [1.29, 1.82) is 0 Å². The molecule has 5 aromatic rings. The van der Waals surface area contributed by atoms with E-state index < -0.39 is 11.7 Å². The third kappa shape index (κ3) is 5.68. The van der Waals surface area contributed by atoms with Crippen LogP contribution in [0.2, 0.25) is 0 Å². The number of anilines is 1. The van der Waals surface area contributed by atoms with Crippen LogP contribution in [0.4, 0.5) is 10.1 Å². The minimum atomic E-state index is -0.443. The molecule has 0 unspecified atom stereocenters. The fourth-order valence-corrected chi connectivity index (χ4v) is 4.26. The molecule has 0 aliphatic heterocycles. The Morgan fingerprint density at radius 3 is 2.58 bits per heavy atom. The van der Waals surface area contributed by atoms with E-state index >= 15 is 0 Å². The van der Waals surface area contributed by atoms with Crippen molar-refractivity contribution in [3.63, 3.8) is 0 Å². The van der Waals surface area contributed by atoms with Crippen LogP contribution in [0.25, 0.3) is 22.3 Å². The van der Waals surface area contributed by atoms with E-state index in [9.17, 15) is 14.0 Å². The lowest BCUT2D eigenvalue weighted by Gasteiger charge is -2.10. The average molecular weight is 571 g/mol. The third-order valence-corrected chi connectivity index (χ3v) is 6.15. The van der Waals surface area contributed by atoms with Gasteiger partial charge in [0.15, 0.2) is 12.4 Å². The second-order valence-corrected chi connectivity index (χ2v) is 9.07. The molecule has 1 amide bonds. The Morgan fingerprint density at radius 2 is 1.79 bits per heavy atom. The van der Waals surface area contributed by atoms with E-state index in [1.54, 1.807) is 48.7 Å². The lowest BCUT2D eigenvalue weighted by atomic mass is 10.2. The van der Waals surface area contributed by atoms with Crippen LogP contribution in [0.15, 0.2) is 111 Å². The van der Waals surface area contributed by atoms with E-state index in [-0.39, 0.29) is 12.2 Å². The lowest BCUT2D eigenvalue weighted by molar-refractivity contribution is -0.118. The summed E-state index contributed by atoms with van der Waals surface area (Å²) in [5.74, 6) is -0.00830. The monoisotopic (exact) mass is 570 g/mol. The number of amides is 1. The highest BCUT2D eigenvalue weighted by molar-refractivity contribution is 9.10. The Bertz CT molecular complexity index is 1720. The molecule has 9 heteroatoms. The van der Waals surface area contributed by atoms with Gasteiger partial charge in [0.1, 0.15) is 11.6 Å². The van der Waals surface area contributed by atoms with Gasteiger partial charge in [-0.25, -0.2) is 9.37 Å². The molecule has 7 nitrogen and oxygen atoms in total. The average Bonchev–Trinajstić information content (AvgIpc) is 2.92. The number of nitrogens with one attached hydrogen (secondary N) is 1. The number of para-hydroxylation sites is 1. The van der Waals surface area contributed by atoms with Crippen LogP contribution >= 0.6 is 15.9 Å². The van der Waals surface area contributed by atoms with Gasteiger partial charge in [0, 0.05) is 11.3 Å². The molecule has 1 aromatic heterocycles. The second-order valence-electron chi connectivity index (χ2n) is 8.22. The number of hydrogen-bond donors (Lipinski definition) is 1. The van der Waals surface area contributed by atoms with Crippen LogP contribution in [-0.2, 0) is 4.79 Å². The summed E-state index contributed by atoms with van der Waals surface area (Å²) < 4.78 is 20.8. The van der Waals surface area contributed by atoms with Gasteiger partial charge >= 0.3 is 0 Å². The maximum Gasteiger partial charge on any atom is 0.282 e. The molecule has 0 radical (unpaired) electrons. The predicted molar refractivity (Wildman–Crippen MR) is 149 cm³/mol. The van der Waals surface area contributed by atoms with E-state index in [1.165, 1.54) is 22.9 Å². The second kappa shape index (κ2) is 11.2. The van der Waals surface area contributed by atoms with Crippen LogP contribution in [0.5, 0.6) is 5.75 Å². The number of aromatic nitrogens is 2. The van der Waals surface area contributed by atoms with Crippen molar-refractivity contribution in [3.8, 4) is 17.1 Å². The summed E-state index contributed by atoms with van der Waals surface area (Å²) in [6.45, 7) is -0.263. The van der Waals surface area contributed by atoms with Crippen molar-refractivity contribution in [2.75, 3.05) is 11.9 Å². The minimum absolute atomic E-state index is 0.263. The van der Waals surface area contributed by atoms with E-state index in [1.807, 2.05) is 36.4 Å². The van der Waals surface area contributed by atoms with E-state index in [0.29, 0.717) is 38.2 Å². The molecule has 0 spiro atoms. The zero-order chi connectivity index (χ0) is 26.5. The molecule has 1 heterocycles. The van der Waals surface area contributed by atoms with Gasteiger partial charge in [-0.2, -0.15) is 9.78 Å². The number of carbonyl (C=O) groups is 1. The number of carbonyl (C=O) groups excluding carboxylic acids is 1. The zero-order valence-electron chi connectivity index (χ0n) is 19.8. The molecule has 0 atom stereocenters. The number of ether oxygens (including phenoxy) is 1. The highest BCUT2D eigenvalue weighted by Gasteiger charge is 2.12. The predicted octanol–water partition coefficient (Wildman–Crippen LogP) is 5.86. The van der Waals surface area contributed by atoms with Crippen molar-refractivity contribution in [3.05, 3.63) is 123 Å². The number of benzene rings is 4. The van der Waals surface area contributed by atoms with E-state index in [2.05, 4.69) is 31.3 Å². The van der Waals surface area contributed by atoms with Crippen molar-refractivity contribution in [2.24, 2.45) is 5.10 Å². The summed E-state index contributed by atoms with van der Waals surface area (Å²) in [5.41, 5.74) is 2.10. The van der Waals surface area contributed by atoms with Crippen LogP contribution < -0.4 is 15.6 Å². The molecule has 38 heavy (non-hydrogen) atoms. The third-order valence-electron chi connectivity index (χ3n) is 5.53. The Balaban J connectivity index is 1.36. The van der Waals surface area contributed by atoms with Crippen molar-refractivity contribution in [2.45, 2.75) is 0 Å². The standard InChI is InChI=1S/C29H20BrFN4O3/c30-24-15-19(13-14-26(24)38-18-27(36)33-22-10-6-9-21(31)16-22)17-32-35-28(20-7-2-1-3-8-20)34-25-12-5-4-11-23(25)29(35)37/h1-17H,18H2,(H,33,36). The first-order chi connectivity index (χ1) is 18.5. The molecule has 0 fully saturated rings. The SMILES string of the molecule is O=C(COc1ccc(C=Nn2c(-c3ccccc3)nc3ccccc3c2=O)cc1Br)Nc1cccc(F)c1. The molecule has 188 valence electrons. The van der Waals surface area contributed by atoms with Gasteiger partial charge in [-0.15, -0.1) is 0 Å². The van der Waals surface area contributed by atoms with Crippen LogP contribution in [0, 0.1) is 5.82 Å². The summed E-state index contributed by atoms with van der Waals surface area (Å²) in [6, 6.07) is 27.3. The van der Waals surface area contributed by atoms with E-state index in [4.69, 9.17) is 4.74 Å². The fraction of sp³-hybridized carbons (Fsp3) is 0.0345. The summed E-state index contributed by atoms with van der Waals surface area (Å²) in [7, 11) is 0. The van der Waals surface area contributed by atoms with Crippen LogP contribution in [0.3, 0.4) is 0 Å². The quantitative estimate of drug-likeness (QED) is 0.248. The van der Waals surface area contributed by atoms with Gasteiger partial charge in [-0.1, -0.05) is 48.5 Å². The number of fused-ring (bicyclic) bond motifs is 1. The van der Waals surface area contributed by atoms with Crippen molar-refractivity contribution >= 4 is 44.6 Å². The molecule has 0 saturated carbocycles. The number of halogens is 2. The molecule has 1 N–H and O–H groups in total. The largest absolute Gasteiger partial charge is 0.483 e. The summed E-state index contributed by atoms with van der Waals surface area (Å²) in [4.78, 5) is 30.1. The molecular weight excluding hydrogens is 551 g/mol. The maximum absolute atomic E-state index is 13.3. The lowest BCUT2D eigenvalue weighted by Crippen LogP contribution is -2.20. The topological polar surface area (TPSA) is 85.6 Å². The Labute approximate surface area is 225 Å². The van der Waals surface area contributed by atoms with Crippen LogP contribution in [0.1, 0.15) is 5.56 Å². The van der Waals surface area contributed by atoms with Gasteiger partial charge in [-0.3, -0.25) is 9.59 Å². The molecule has 0 aliphatic carbocycles. The molecule has 5 rings (SSSR count). The summed E-state index contributed by atoms with van der Waals surface area (Å²) >= 11 is 3.45. The van der Waals surface area contributed by atoms with Gasteiger partial charge in [0.05, 0.1) is 21.6 Å². The maximum atomic E-state index is 13.3. The first-order valence-corrected chi connectivity index (χ1v) is 12.4. The Hall–Kier alpha value is -4.63. The fourth-order valence-electron chi connectivity index (χ4n) is 3.75. The highest BCUT2D eigenvalue weighted by Crippen LogP contribution is 2.26. The number of rotatable bonds is 7.